The highest BCUT2D eigenvalue weighted by Crippen LogP contribution is 2.33. The number of halogens is 2. The van der Waals surface area contributed by atoms with Crippen molar-refractivity contribution in [2.45, 2.75) is 12.8 Å². The Morgan fingerprint density at radius 1 is 1.37 bits per heavy atom. The van der Waals surface area contributed by atoms with Gasteiger partial charge in [-0.25, -0.2) is 0 Å². The Bertz CT molecular complexity index is 476. The molecule has 104 valence electrons. The molecule has 0 aromatic carbocycles. The lowest BCUT2D eigenvalue weighted by Gasteiger charge is -2.30. The molecule has 0 unspecified atom stereocenters. The lowest BCUT2D eigenvalue weighted by atomic mass is 9.97. The van der Waals surface area contributed by atoms with Gasteiger partial charge in [-0.05, 0) is 50.8 Å². The second kappa shape index (κ2) is 6.37. The Morgan fingerprint density at radius 3 is 2.47 bits per heavy atom. The zero-order chi connectivity index (χ0) is 14.0. The number of thiophene rings is 1. The van der Waals surface area contributed by atoms with Crippen LogP contribution in [0.25, 0.3) is 0 Å². The number of hydrogen-bond donors (Lipinski definition) is 0. The third-order valence-corrected chi connectivity index (χ3v) is 6.42. The van der Waals surface area contributed by atoms with Crippen molar-refractivity contribution < 1.29 is 14.3 Å². The summed E-state index contributed by atoms with van der Waals surface area (Å²) in [5, 5.41) is 0. The maximum atomic E-state index is 12.3. The van der Waals surface area contributed by atoms with Crippen LogP contribution in [0.1, 0.15) is 22.5 Å². The smallest absolute Gasteiger partial charge is 0.308 e. The first-order chi connectivity index (χ1) is 9.02. The largest absolute Gasteiger partial charge is 0.469 e. The Hall–Kier alpha value is -0.400. The van der Waals surface area contributed by atoms with Crippen LogP contribution in [-0.2, 0) is 9.53 Å². The van der Waals surface area contributed by atoms with Crippen LogP contribution in [0.3, 0.4) is 0 Å². The molecule has 1 aromatic rings. The zero-order valence-corrected chi connectivity index (χ0v) is 14.3. The molecule has 1 aromatic heterocycles. The number of esters is 1. The second-order valence-electron chi connectivity index (χ2n) is 4.32. The van der Waals surface area contributed by atoms with Crippen molar-refractivity contribution in [1.82, 2.24) is 4.90 Å². The number of carbonyl (C=O) groups excluding carboxylic acids is 2. The molecule has 1 fully saturated rings. The van der Waals surface area contributed by atoms with E-state index in [1.54, 1.807) is 4.90 Å². The Morgan fingerprint density at radius 2 is 2.00 bits per heavy atom. The number of amides is 1. The van der Waals surface area contributed by atoms with Gasteiger partial charge >= 0.3 is 5.97 Å². The van der Waals surface area contributed by atoms with Crippen LogP contribution < -0.4 is 0 Å². The van der Waals surface area contributed by atoms with E-state index in [-0.39, 0.29) is 17.8 Å². The summed E-state index contributed by atoms with van der Waals surface area (Å²) < 4.78 is 6.55. The van der Waals surface area contributed by atoms with Crippen molar-refractivity contribution in [2.24, 2.45) is 5.92 Å². The number of ether oxygens (including phenoxy) is 1. The highest BCUT2D eigenvalue weighted by molar-refractivity contribution is 9.13. The summed E-state index contributed by atoms with van der Waals surface area (Å²) in [6, 6.07) is 1.82. The minimum atomic E-state index is -0.172. The fourth-order valence-corrected chi connectivity index (χ4v) is 4.10. The molecule has 2 rings (SSSR count). The fourth-order valence-electron chi connectivity index (χ4n) is 2.09. The van der Waals surface area contributed by atoms with Gasteiger partial charge in [0.15, 0.2) is 0 Å². The molecule has 0 N–H and O–H groups in total. The van der Waals surface area contributed by atoms with E-state index in [0.29, 0.717) is 30.8 Å². The van der Waals surface area contributed by atoms with Crippen molar-refractivity contribution in [3.05, 3.63) is 19.2 Å². The quantitative estimate of drug-likeness (QED) is 0.702. The molecule has 0 saturated carbocycles. The van der Waals surface area contributed by atoms with Gasteiger partial charge in [0.05, 0.1) is 21.7 Å². The summed E-state index contributed by atoms with van der Waals surface area (Å²) in [6.45, 7) is 1.21. The molecule has 1 aliphatic rings. The predicted octanol–water partition coefficient (Wildman–Crippen LogP) is 3.30. The van der Waals surface area contributed by atoms with Gasteiger partial charge in [0.25, 0.3) is 5.91 Å². The average molecular weight is 411 g/mol. The Labute approximate surface area is 132 Å². The molecule has 4 nitrogen and oxygen atoms in total. The highest BCUT2D eigenvalue weighted by atomic mass is 79.9. The summed E-state index contributed by atoms with van der Waals surface area (Å²) in [5.41, 5.74) is 0. The lowest BCUT2D eigenvalue weighted by molar-refractivity contribution is -0.146. The van der Waals surface area contributed by atoms with Crippen LogP contribution >= 0.6 is 43.2 Å². The number of methoxy groups -OCH3 is 1. The van der Waals surface area contributed by atoms with Gasteiger partial charge in [0.1, 0.15) is 0 Å². The van der Waals surface area contributed by atoms with Gasteiger partial charge in [-0.1, -0.05) is 0 Å². The molecule has 1 saturated heterocycles. The number of hydrogen-bond acceptors (Lipinski definition) is 4. The molecule has 0 spiro atoms. The van der Waals surface area contributed by atoms with Gasteiger partial charge in [-0.3, -0.25) is 9.59 Å². The van der Waals surface area contributed by atoms with Gasteiger partial charge in [-0.2, -0.15) is 0 Å². The van der Waals surface area contributed by atoms with Gasteiger partial charge < -0.3 is 9.64 Å². The van der Waals surface area contributed by atoms with E-state index in [1.165, 1.54) is 18.4 Å². The highest BCUT2D eigenvalue weighted by Gasteiger charge is 2.29. The van der Waals surface area contributed by atoms with Crippen LogP contribution in [0.2, 0.25) is 0 Å². The van der Waals surface area contributed by atoms with Gasteiger partial charge in [0, 0.05) is 17.6 Å². The number of likely N-dealkylation sites (tertiary alicyclic amines) is 1. The van der Waals surface area contributed by atoms with Gasteiger partial charge in [-0.15, -0.1) is 11.3 Å². The third-order valence-electron chi connectivity index (χ3n) is 3.17. The lowest BCUT2D eigenvalue weighted by Crippen LogP contribution is -2.40. The van der Waals surface area contributed by atoms with E-state index >= 15 is 0 Å². The fraction of sp³-hybridized carbons (Fsp3) is 0.500. The van der Waals surface area contributed by atoms with Crippen LogP contribution in [-0.4, -0.2) is 37.0 Å². The minimum absolute atomic E-state index is 0.0275. The first-order valence-electron chi connectivity index (χ1n) is 5.85. The van der Waals surface area contributed by atoms with Gasteiger partial charge in [0.2, 0.25) is 0 Å². The van der Waals surface area contributed by atoms with Crippen molar-refractivity contribution in [3.8, 4) is 0 Å². The van der Waals surface area contributed by atoms with Crippen LogP contribution in [0.15, 0.2) is 14.3 Å². The standard InChI is InChI=1S/C12H13Br2NO3S/c1-18-12(17)7-2-4-15(5-3-7)11(16)9-6-8(13)10(14)19-9/h6-7H,2-5H2,1H3. The second-order valence-corrected chi connectivity index (χ2v) is 7.55. The summed E-state index contributed by atoms with van der Waals surface area (Å²) in [5.74, 6) is -0.218. The van der Waals surface area contributed by atoms with E-state index in [9.17, 15) is 9.59 Å². The van der Waals surface area contributed by atoms with Crippen molar-refractivity contribution in [3.63, 3.8) is 0 Å². The zero-order valence-electron chi connectivity index (χ0n) is 10.3. The van der Waals surface area contributed by atoms with E-state index in [0.717, 1.165) is 8.26 Å². The van der Waals surface area contributed by atoms with Crippen LogP contribution in [0, 0.1) is 5.92 Å². The first-order valence-corrected chi connectivity index (χ1v) is 8.25. The molecule has 1 amide bonds. The maximum absolute atomic E-state index is 12.3. The summed E-state index contributed by atoms with van der Waals surface area (Å²) >= 11 is 8.18. The molecule has 2 heterocycles. The Balaban J connectivity index is 1.98. The molecule has 0 aliphatic carbocycles. The summed E-state index contributed by atoms with van der Waals surface area (Å²) in [7, 11) is 1.40. The molecule has 19 heavy (non-hydrogen) atoms. The predicted molar refractivity (Wildman–Crippen MR) is 80.4 cm³/mol. The molecular formula is C12H13Br2NO3S. The normalized spacial score (nSPS) is 16.5. The molecule has 7 heteroatoms. The molecule has 0 bridgehead atoms. The Kier molecular flexibility index (Phi) is 5.03. The average Bonchev–Trinajstić information content (AvgIpc) is 2.77. The molecule has 1 aliphatic heterocycles. The van der Waals surface area contributed by atoms with Crippen molar-refractivity contribution >= 4 is 55.1 Å². The first kappa shape index (κ1) is 15.0. The number of piperidine rings is 1. The van der Waals surface area contributed by atoms with Crippen molar-refractivity contribution in [1.29, 1.82) is 0 Å². The monoisotopic (exact) mass is 409 g/mol. The number of rotatable bonds is 2. The molecular weight excluding hydrogens is 398 g/mol. The van der Waals surface area contributed by atoms with Crippen LogP contribution in [0.4, 0.5) is 0 Å². The summed E-state index contributed by atoms with van der Waals surface area (Å²) in [6.07, 6.45) is 1.35. The van der Waals surface area contributed by atoms with E-state index in [2.05, 4.69) is 31.9 Å². The van der Waals surface area contributed by atoms with E-state index < -0.39 is 0 Å². The maximum Gasteiger partial charge on any atom is 0.308 e. The third kappa shape index (κ3) is 3.38. The summed E-state index contributed by atoms with van der Waals surface area (Å²) in [4.78, 5) is 26.2. The molecule has 0 atom stereocenters. The number of nitrogens with zero attached hydrogens (tertiary/aromatic N) is 1. The van der Waals surface area contributed by atoms with E-state index in [1.807, 2.05) is 6.07 Å². The van der Waals surface area contributed by atoms with Crippen molar-refractivity contribution in [2.75, 3.05) is 20.2 Å². The SMILES string of the molecule is COC(=O)C1CCN(C(=O)c2cc(Br)c(Br)s2)CC1. The minimum Gasteiger partial charge on any atom is -0.469 e. The van der Waals surface area contributed by atoms with E-state index in [4.69, 9.17) is 4.74 Å². The number of carbonyl (C=O) groups is 2. The van der Waals surface area contributed by atoms with Crippen LogP contribution in [0.5, 0.6) is 0 Å². The molecule has 0 radical (unpaired) electrons. The topological polar surface area (TPSA) is 46.6 Å².